The van der Waals surface area contributed by atoms with Gasteiger partial charge in [0.05, 0.1) is 19.6 Å². The van der Waals surface area contributed by atoms with Crippen LogP contribution in [0.15, 0.2) is 91.5 Å². The summed E-state index contributed by atoms with van der Waals surface area (Å²) in [6.45, 7) is 7.12. The summed E-state index contributed by atoms with van der Waals surface area (Å²) in [5.41, 5.74) is 3.94. The van der Waals surface area contributed by atoms with Crippen molar-refractivity contribution in [3.8, 4) is 5.75 Å². The van der Waals surface area contributed by atoms with Crippen molar-refractivity contribution in [2.24, 2.45) is 0 Å². The minimum absolute atomic E-state index is 0.0266. The summed E-state index contributed by atoms with van der Waals surface area (Å²) in [5.74, 6) is -0.216. The van der Waals surface area contributed by atoms with E-state index in [2.05, 4.69) is 6.58 Å². The first-order chi connectivity index (χ1) is 20.2. The predicted octanol–water partition coefficient (Wildman–Crippen LogP) is 3.78. The zero-order valence-electron chi connectivity index (χ0n) is 24.1. The Bertz CT molecular complexity index is 1430. The van der Waals surface area contributed by atoms with Gasteiger partial charge in [-0.15, -0.1) is 6.58 Å². The standard InChI is InChI=1S/C33H37N5O4/c1-4-18-36(33(42)34(3)20-26-8-6-5-7-9-26)37-23-31(40)38-29(19-25-14-16-28(39)17-15-25)32(41)35(22-30(37)38)21-27-12-10-24(2)11-13-27/h4-17,29-30,39H,1,18-23H2,2-3H3/t29-,30+/m0/s1. The molecule has 2 atom stereocenters. The smallest absolute Gasteiger partial charge is 0.334 e. The maximum atomic E-state index is 14.0. The van der Waals surface area contributed by atoms with Crippen molar-refractivity contribution >= 4 is 17.8 Å². The van der Waals surface area contributed by atoms with E-state index in [0.717, 1.165) is 22.3 Å². The van der Waals surface area contributed by atoms with Crippen molar-refractivity contribution in [2.75, 3.05) is 26.7 Å². The fraction of sp³-hybridized carbons (Fsp3) is 0.303. The minimum atomic E-state index is -0.751. The molecule has 9 nitrogen and oxygen atoms in total. The summed E-state index contributed by atoms with van der Waals surface area (Å²) in [6, 6.07) is 23.5. The van der Waals surface area contributed by atoms with Gasteiger partial charge >= 0.3 is 6.03 Å². The van der Waals surface area contributed by atoms with E-state index in [1.165, 1.54) is 0 Å². The Morgan fingerprint density at radius 1 is 0.976 bits per heavy atom. The molecule has 0 bridgehead atoms. The maximum Gasteiger partial charge on any atom is 0.334 e. The van der Waals surface area contributed by atoms with Gasteiger partial charge in [0.2, 0.25) is 11.8 Å². The third-order valence-electron chi connectivity index (χ3n) is 7.85. The van der Waals surface area contributed by atoms with E-state index < -0.39 is 12.2 Å². The van der Waals surface area contributed by atoms with Crippen LogP contribution in [0.25, 0.3) is 0 Å². The minimum Gasteiger partial charge on any atom is -0.508 e. The van der Waals surface area contributed by atoms with Crippen LogP contribution >= 0.6 is 0 Å². The molecule has 2 heterocycles. The molecule has 0 aromatic heterocycles. The highest BCUT2D eigenvalue weighted by Crippen LogP contribution is 2.31. The zero-order valence-corrected chi connectivity index (χ0v) is 24.1. The summed E-state index contributed by atoms with van der Waals surface area (Å²) in [6.07, 6.45) is 1.41. The third kappa shape index (κ3) is 6.16. The number of carbonyl (C=O) groups is 3. The van der Waals surface area contributed by atoms with E-state index in [0.29, 0.717) is 19.5 Å². The van der Waals surface area contributed by atoms with Gasteiger partial charge in [-0.25, -0.2) is 4.79 Å². The molecule has 5 rings (SSSR count). The molecule has 1 N–H and O–H groups in total. The Morgan fingerprint density at radius 2 is 1.64 bits per heavy atom. The number of piperazine rings is 1. The maximum absolute atomic E-state index is 14.0. The number of aromatic hydroxyl groups is 1. The zero-order chi connectivity index (χ0) is 29.8. The van der Waals surface area contributed by atoms with Crippen molar-refractivity contribution in [1.82, 2.24) is 24.7 Å². The number of urea groups is 1. The highest BCUT2D eigenvalue weighted by molar-refractivity contribution is 5.91. The van der Waals surface area contributed by atoms with Crippen molar-refractivity contribution < 1.29 is 19.5 Å². The largest absolute Gasteiger partial charge is 0.508 e. The Morgan fingerprint density at radius 3 is 2.31 bits per heavy atom. The number of hydrogen-bond donors (Lipinski definition) is 1. The molecule has 0 saturated carbocycles. The van der Waals surface area contributed by atoms with E-state index >= 15 is 0 Å². The lowest BCUT2D eigenvalue weighted by molar-refractivity contribution is -0.157. The van der Waals surface area contributed by atoms with Gasteiger partial charge in [-0.2, -0.15) is 5.01 Å². The third-order valence-corrected chi connectivity index (χ3v) is 7.85. The van der Waals surface area contributed by atoms with Crippen LogP contribution in [-0.4, -0.2) is 86.6 Å². The number of phenols is 1. The van der Waals surface area contributed by atoms with E-state index in [4.69, 9.17) is 0 Å². The number of fused-ring (bicyclic) bond motifs is 1. The summed E-state index contributed by atoms with van der Waals surface area (Å²) >= 11 is 0. The number of carbonyl (C=O) groups excluding carboxylic acids is 3. The lowest BCUT2D eigenvalue weighted by Crippen LogP contribution is -2.66. The van der Waals surface area contributed by atoms with Crippen LogP contribution in [0.1, 0.15) is 22.3 Å². The number of aryl methyl sites for hydroxylation is 1. The second-order valence-corrected chi connectivity index (χ2v) is 11.0. The van der Waals surface area contributed by atoms with Crippen molar-refractivity contribution in [2.45, 2.75) is 38.6 Å². The number of hydrazine groups is 1. The number of rotatable bonds is 9. The van der Waals surface area contributed by atoms with Crippen LogP contribution in [-0.2, 0) is 29.1 Å². The fourth-order valence-electron chi connectivity index (χ4n) is 5.70. The lowest BCUT2D eigenvalue weighted by Gasteiger charge is -2.46. The molecule has 2 aliphatic rings. The Labute approximate surface area is 246 Å². The fourth-order valence-corrected chi connectivity index (χ4v) is 5.70. The van der Waals surface area contributed by atoms with Gasteiger partial charge in [-0.05, 0) is 35.7 Å². The molecule has 9 heteroatoms. The highest BCUT2D eigenvalue weighted by atomic mass is 16.3. The molecule has 0 spiro atoms. The van der Waals surface area contributed by atoms with Crippen LogP contribution in [0.4, 0.5) is 4.79 Å². The van der Waals surface area contributed by atoms with Gasteiger partial charge < -0.3 is 19.8 Å². The Kier molecular flexibility index (Phi) is 8.59. The molecule has 2 fully saturated rings. The topological polar surface area (TPSA) is 87.6 Å². The number of nitrogens with zero attached hydrogens (tertiary/aromatic N) is 5. The van der Waals surface area contributed by atoms with Gasteiger partial charge in [0.25, 0.3) is 0 Å². The molecule has 0 radical (unpaired) electrons. The van der Waals surface area contributed by atoms with Crippen LogP contribution in [0.3, 0.4) is 0 Å². The first-order valence-electron chi connectivity index (χ1n) is 14.1. The number of benzene rings is 3. The molecule has 42 heavy (non-hydrogen) atoms. The second-order valence-electron chi connectivity index (χ2n) is 11.0. The van der Waals surface area contributed by atoms with Crippen molar-refractivity contribution in [3.05, 3.63) is 114 Å². The van der Waals surface area contributed by atoms with Crippen LogP contribution in [0.2, 0.25) is 0 Å². The van der Waals surface area contributed by atoms with Crippen LogP contribution in [0, 0.1) is 6.92 Å². The monoisotopic (exact) mass is 567 g/mol. The molecule has 3 aromatic rings. The number of hydrogen-bond acceptors (Lipinski definition) is 5. The molecule has 0 unspecified atom stereocenters. The van der Waals surface area contributed by atoms with Crippen molar-refractivity contribution in [3.63, 3.8) is 0 Å². The number of amides is 4. The van der Waals surface area contributed by atoms with Gasteiger partial charge in [0.1, 0.15) is 18.0 Å². The molecule has 218 valence electrons. The van der Waals surface area contributed by atoms with Crippen molar-refractivity contribution in [1.29, 1.82) is 0 Å². The average Bonchev–Trinajstić information content (AvgIpc) is 3.31. The molecule has 2 aliphatic heterocycles. The lowest BCUT2D eigenvalue weighted by atomic mass is 9.99. The van der Waals surface area contributed by atoms with Gasteiger partial charge in [-0.3, -0.25) is 14.6 Å². The summed E-state index contributed by atoms with van der Waals surface area (Å²) in [5, 5.41) is 13.1. The molecule has 2 saturated heterocycles. The normalized spacial score (nSPS) is 18.6. The van der Waals surface area contributed by atoms with E-state index in [1.807, 2.05) is 61.5 Å². The Hall–Kier alpha value is -4.63. The van der Waals surface area contributed by atoms with Crippen LogP contribution < -0.4 is 0 Å². The van der Waals surface area contributed by atoms with Gasteiger partial charge in [0, 0.05) is 26.6 Å². The molecule has 0 aliphatic carbocycles. The van der Waals surface area contributed by atoms with E-state index in [-0.39, 0.29) is 43.2 Å². The first kappa shape index (κ1) is 28.9. The second kappa shape index (κ2) is 12.5. The van der Waals surface area contributed by atoms with E-state index in [1.54, 1.807) is 62.1 Å². The number of phenolic OH excluding ortho intramolecular Hbond substituents is 1. The molecule has 3 aromatic carbocycles. The van der Waals surface area contributed by atoms with Gasteiger partial charge in [0.15, 0.2) is 0 Å². The molecule has 4 amide bonds. The van der Waals surface area contributed by atoms with Crippen LogP contribution in [0.5, 0.6) is 5.75 Å². The van der Waals surface area contributed by atoms with Gasteiger partial charge in [-0.1, -0.05) is 78.4 Å². The summed E-state index contributed by atoms with van der Waals surface area (Å²) < 4.78 is 0. The predicted molar refractivity (Wildman–Crippen MR) is 160 cm³/mol. The SMILES string of the molecule is C=CCN(C(=O)N(C)Cc1ccccc1)N1CC(=O)N2[C@@H](Cc3ccc(O)cc3)C(=O)N(Cc3ccc(C)cc3)C[C@@H]21. The molecular formula is C33H37N5O4. The van der Waals surface area contributed by atoms with E-state index in [9.17, 15) is 19.5 Å². The summed E-state index contributed by atoms with van der Waals surface area (Å²) in [7, 11) is 1.74. The summed E-state index contributed by atoms with van der Waals surface area (Å²) in [4.78, 5) is 46.4. The first-order valence-corrected chi connectivity index (χ1v) is 14.1. The molecular weight excluding hydrogens is 530 g/mol. The average molecular weight is 568 g/mol. The Balaban J connectivity index is 1.45. The quantitative estimate of drug-likeness (QED) is 0.398. The highest BCUT2D eigenvalue weighted by Gasteiger charge is 2.52.